The van der Waals surface area contributed by atoms with Crippen LogP contribution in [0.15, 0.2) is 18.3 Å². The van der Waals surface area contributed by atoms with Crippen LogP contribution < -0.4 is 10.2 Å². The Labute approximate surface area is 109 Å². The van der Waals surface area contributed by atoms with Gasteiger partial charge in [0, 0.05) is 19.1 Å². The fourth-order valence-corrected chi connectivity index (χ4v) is 2.47. The number of hydrogen-bond donors (Lipinski definition) is 2. The molecule has 0 amide bonds. The molecule has 1 saturated heterocycles. The zero-order chi connectivity index (χ0) is 13.0. The monoisotopic (exact) mass is 249 g/mol. The molecule has 0 radical (unpaired) electrons. The molecule has 0 spiro atoms. The van der Waals surface area contributed by atoms with Crippen molar-refractivity contribution in [2.75, 3.05) is 24.5 Å². The average Bonchev–Trinajstić information content (AvgIpc) is 2.83. The van der Waals surface area contributed by atoms with E-state index in [2.05, 4.69) is 41.2 Å². The zero-order valence-corrected chi connectivity index (χ0v) is 11.3. The van der Waals surface area contributed by atoms with Gasteiger partial charge in [-0.3, -0.25) is 4.98 Å². The second kappa shape index (κ2) is 6.16. The van der Waals surface area contributed by atoms with E-state index in [0.717, 1.165) is 43.9 Å². The summed E-state index contributed by atoms with van der Waals surface area (Å²) in [6.07, 6.45) is 3.64. The lowest BCUT2D eigenvalue weighted by Crippen LogP contribution is -2.23. The molecule has 2 heterocycles. The molecule has 18 heavy (non-hydrogen) atoms. The van der Waals surface area contributed by atoms with E-state index in [1.165, 1.54) is 0 Å². The van der Waals surface area contributed by atoms with Crippen LogP contribution in [0.3, 0.4) is 0 Å². The van der Waals surface area contributed by atoms with E-state index in [-0.39, 0.29) is 6.10 Å². The molecule has 4 nitrogen and oxygen atoms in total. The van der Waals surface area contributed by atoms with Crippen LogP contribution in [0.4, 0.5) is 5.69 Å². The zero-order valence-electron chi connectivity index (χ0n) is 11.3. The summed E-state index contributed by atoms with van der Waals surface area (Å²) in [6.45, 7) is 6.89. The third-order valence-electron chi connectivity index (χ3n) is 3.52. The minimum Gasteiger partial charge on any atom is -0.391 e. The van der Waals surface area contributed by atoms with E-state index in [0.29, 0.717) is 6.04 Å². The van der Waals surface area contributed by atoms with Crippen molar-refractivity contribution in [2.45, 2.75) is 38.8 Å². The second-order valence-electron chi connectivity index (χ2n) is 4.85. The maximum absolute atomic E-state index is 9.54. The molecule has 1 aromatic heterocycles. The molecule has 0 aliphatic carbocycles. The Morgan fingerprint density at radius 2 is 2.33 bits per heavy atom. The van der Waals surface area contributed by atoms with Crippen LogP contribution in [0.2, 0.25) is 0 Å². The van der Waals surface area contributed by atoms with Gasteiger partial charge in [0.2, 0.25) is 0 Å². The molecular weight excluding hydrogens is 226 g/mol. The lowest BCUT2D eigenvalue weighted by Gasteiger charge is -2.19. The van der Waals surface area contributed by atoms with Crippen molar-refractivity contribution in [1.29, 1.82) is 0 Å². The maximum Gasteiger partial charge on any atom is 0.0731 e. The summed E-state index contributed by atoms with van der Waals surface area (Å²) in [4.78, 5) is 6.74. The fraction of sp³-hybridized carbons (Fsp3) is 0.643. The standard InChI is InChI=1S/C14H23N3O/c1-3-13(15-4-2)14-6-5-11(9-16-14)17-8-7-12(18)10-17/h5-6,9,12-13,15,18H,3-4,7-8,10H2,1-2H3. The van der Waals surface area contributed by atoms with Crippen LogP contribution in [-0.4, -0.2) is 35.8 Å². The van der Waals surface area contributed by atoms with Gasteiger partial charge in [-0.15, -0.1) is 0 Å². The highest BCUT2D eigenvalue weighted by Gasteiger charge is 2.20. The number of anilines is 1. The number of hydrogen-bond acceptors (Lipinski definition) is 4. The van der Waals surface area contributed by atoms with Crippen molar-refractivity contribution in [3.8, 4) is 0 Å². The Kier molecular flexibility index (Phi) is 4.55. The third kappa shape index (κ3) is 3.00. The third-order valence-corrected chi connectivity index (χ3v) is 3.52. The summed E-state index contributed by atoms with van der Waals surface area (Å²) >= 11 is 0. The Morgan fingerprint density at radius 3 is 2.83 bits per heavy atom. The first-order valence-electron chi connectivity index (χ1n) is 6.87. The lowest BCUT2D eigenvalue weighted by molar-refractivity contribution is 0.198. The maximum atomic E-state index is 9.54. The van der Waals surface area contributed by atoms with Crippen molar-refractivity contribution < 1.29 is 5.11 Å². The number of rotatable bonds is 5. The van der Waals surface area contributed by atoms with E-state index in [1.54, 1.807) is 0 Å². The van der Waals surface area contributed by atoms with E-state index in [1.807, 2.05) is 6.20 Å². The van der Waals surface area contributed by atoms with Crippen LogP contribution in [0.25, 0.3) is 0 Å². The number of β-amino-alcohol motifs (C(OH)–C–C–N with tert-alkyl or cyclic N) is 1. The first-order valence-corrected chi connectivity index (χ1v) is 6.87. The Balaban J connectivity index is 2.04. The average molecular weight is 249 g/mol. The largest absolute Gasteiger partial charge is 0.391 e. The highest BCUT2D eigenvalue weighted by atomic mass is 16.3. The number of nitrogens with one attached hydrogen (secondary N) is 1. The van der Waals surface area contributed by atoms with Gasteiger partial charge < -0.3 is 15.3 Å². The van der Waals surface area contributed by atoms with Gasteiger partial charge in [0.05, 0.1) is 23.7 Å². The molecule has 1 aliphatic rings. The smallest absolute Gasteiger partial charge is 0.0731 e. The molecule has 1 aromatic rings. The highest BCUT2D eigenvalue weighted by molar-refractivity contribution is 5.46. The Hall–Kier alpha value is -1.13. The van der Waals surface area contributed by atoms with E-state index in [9.17, 15) is 5.11 Å². The molecule has 2 rings (SSSR count). The summed E-state index contributed by atoms with van der Waals surface area (Å²) in [6, 6.07) is 4.55. The van der Waals surface area contributed by atoms with Gasteiger partial charge in [-0.2, -0.15) is 0 Å². The van der Waals surface area contributed by atoms with Crippen LogP contribution in [-0.2, 0) is 0 Å². The van der Waals surface area contributed by atoms with Gasteiger partial charge >= 0.3 is 0 Å². The highest BCUT2D eigenvalue weighted by Crippen LogP contribution is 2.22. The van der Waals surface area contributed by atoms with E-state index < -0.39 is 0 Å². The molecule has 4 heteroatoms. The van der Waals surface area contributed by atoms with Gasteiger partial charge in [-0.05, 0) is 31.5 Å². The summed E-state index contributed by atoms with van der Waals surface area (Å²) in [5.41, 5.74) is 2.21. The van der Waals surface area contributed by atoms with Gasteiger partial charge in [-0.25, -0.2) is 0 Å². The number of pyridine rings is 1. The Bertz CT molecular complexity index is 343. The second-order valence-corrected chi connectivity index (χ2v) is 4.85. The minimum absolute atomic E-state index is 0.185. The van der Waals surface area contributed by atoms with Crippen LogP contribution in [0.5, 0.6) is 0 Å². The topological polar surface area (TPSA) is 48.4 Å². The number of aromatic nitrogens is 1. The molecule has 0 bridgehead atoms. The predicted molar refractivity (Wildman–Crippen MR) is 73.8 cm³/mol. The molecule has 2 atom stereocenters. The number of aliphatic hydroxyl groups excluding tert-OH is 1. The van der Waals surface area contributed by atoms with Crippen molar-refractivity contribution in [2.24, 2.45) is 0 Å². The summed E-state index contributed by atoms with van der Waals surface area (Å²) in [7, 11) is 0. The molecule has 100 valence electrons. The van der Waals surface area contributed by atoms with Crippen LogP contribution >= 0.6 is 0 Å². The summed E-state index contributed by atoms with van der Waals surface area (Å²) in [5, 5.41) is 13.0. The summed E-state index contributed by atoms with van der Waals surface area (Å²) < 4.78 is 0. The van der Waals surface area contributed by atoms with Crippen molar-refractivity contribution in [3.05, 3.63) is 24.0 Å². The van der Waals surface area contributed by atoms with Gasteiger partial charge in [0.25, 0.3) is 0 Å². The van der Waals surface area contributed by atoms with E-state index in [4.69, 9.17) is 0 Å². The molecule has 2 unspecified atom stereocenters. The first-order chi connectivity index (χ1) is 8.74. The van der Waals surface area contributed by atoms with Crippen molar-refractivity contribution in [3.63, 3.8) is 0 Å². The van der Waals surface area contributed by atoms with Gasteiger partial charge in [0.15, 0.2) is 0 Å². The SMILES string of the molecule is CCNC(CC)c1ccc(N2CCC(O)C2)cn1. The number of nitrogens with zero attached hydrogens (tertiary/aromatic N) is 2. The van der Waals surface area contributed by atoms with Gasteiger partial charge in [-0.1, -0.05) is 13.8 Å². The molecule has 0 saturated carbocycles. The normalized spacial score (nSPS) is 21.3. The lowest BCUT2D eigenvalue weighted by atomic mass is 10.1. The van der Waals surface area contributed by atoms with Crippen molar-refractivity contribution in [1.82, 2.24) is 10.3 Å². The summed E-state index contributed by atoms with van der Waals surface area (Å²) in [5.74, 6) is 0. The predicted octanol–water partition coefficient (Wildman–Crippen LogP) is 1.71. The van der Waals surface area contributed by atoms with E-state index >= 15 is 0 Å². The minimum atomic E-state index is -0.185. The first kappa shape index (κ1) is 13.3. The molecule has 1 aliphatic heterocycles. The molecule has 1 fully saturated rings. The molecule has 2 N–H and O–H groups in total. The van der Waals surface area contributed by atoms with Gasteiger partial charge in [0.1, 0.15) is 0 Å². The Morgan fingerprint density at radius 1 is 1.50 bits per heavy atom. The van der Waals surface area contributed by atoms with Crippen LogP contribution in [0.1, 0.15) is 38.4 Å². The van der Waals surface area contributed by atoms with Crippen LogP contribution in [0, 0.1) is 0 Å². The molecule has 0 aromatic carbocycles. The fourth-order valence-electron chi connectivity index (χ4n) is 2.47. The molecular formula is C14H23N3O. The quantitative estimate of drug-likeness (QED) is 0.834. The van der Waals surface area contributed by atoms with Crippen molar-refractivity contribution >= 4 is 5.69 Å². The number of aliphatic hydroxyl groups is 1.